The zero-order chi connectivity index (χ0) is 21.0. The number of nitrogens with one attached hydrogen (secondary N) is 3. The molecule has 0 atom stereocenters. The molecule has 0 spiro atoms. The number of rotatable bonds is 7. The van der Waals surface area contributed by atoms with Crippen molar-refractivity contribution < 1.29 is 32.0 Å². The van der Waals surface area contributed by atoms with E-state index in [2.05, 4.69) is 25.3 Å². The van der Waals surface area contributed by atoms with Crippen molar-refractivity contribution in [3.63, 3.8) is 0 Å². The molecular formula is C17H16N4O7S. The Hall–Kier alpha value is -3.80. The average molecular weight is 420 g/mol. The standard InChI is InChI=1S/C17H16N4O7S/c1-27-17(24)21-16-19-13-7-4-11(8-14(13)20-16)28-29(25,26)12-5-2-10(3-6-12)18-9-15(22)23/h2-8,18H,9H2,1H3,(H,22,23)(H2,19,20,21,24). The van der Waals surface area contributed by atoms with Crippen molar-refractivity contribution in [1.29, 1.82) is 0 Å². The van der Waals surface area contributed by atoms with Gasteiger partial charge in [-0.05, 0) is 36.4 Å². The zero-order valence-electron chi connectivity index (χ0n) is 15.0. The molecule has 0 aliphatic rings. The van der Waals surface area contributed by atoms with Gasteiger partial charge in [0.1, 0.15) is 17.2 Å². The van der Waals surface area contributed by atoms with E-state index < -0.39 is 22.2 Å². The quantitative estimate of drug-likeness (QED) is 0.419. The Bertz CT molecular complexity index is 1160. The molecule has 0 bridgehead atoms. The topological polar surface area (TPSA) is 160 Å². The first-order chi connectivity index (χ1) is 13.8. The van der Waals surface area contributed by atoms with Crippen LogP contribution in [-0.4, -0.2) is 49.2 Å². The number of imidazole rings is 1. The number of benzene rings is 2. The summed E-state index contributed by atoms with van der Waals surface area (Å²) in [4.78, 5) is 28.6. The van der Waals surface area contributed by atoms with E-state index in [1.54, 1.807) is 0 Å². The normalized spacial score (nSPS) is 11.1. The van der Waals surface area contributed by atoms with Crippen molar-refractivity contribution in [2.24, 2.45) is 0 Å². The first kappa shape index (κ1) is 19.9. The largest absolute Gasteiger partial charge is 0.480 e. The summed E-state index contributed by atoms with van der Waals surface area (Å²) >= 11 is 0. The van der Waals surface area contributed by atoms with Crippen molar-refractivity contribution in [2.75, 3.05) is 24.3 Å². The summed E-state index contributed by atoms with van der Waals surface area (Å²) < 4.78 is 34.6. The number of hydrogen-bond acceptors (Lipinski definition) is 8. The Morgan fingerprint density at radius 1 is 1.17 bits per heavy atom. The highest BCUT2D eigenvalue weighted by atomic mass is 32.2. The molecule has 1 heterocycles. The SMILES string of the molecule is COC(=O)Nc1nc2ccc(OS(=O)(=O)c3ccc(NCC(=O)O)cc3)cc2[nH]1. The lowest BCUT2D eigenvalue weighted by Crippen LogP contribution is -2.13. The predicted molar refractivity (Wildman–Crippen MR) is 103 cm³/mol. The Morgan fingerprint density at radius 3 is 2.55 bits per heavy atom. The van der Waals surface area contributed by atoms with Crippen LogP contribution in [0.1, 0.15) is 0 Å². The molecule has 2 aromatic carbocycles. The van der Waals surface area contributed by atoms with Crippen LogP contribution >= 0.6 is 0 Å². The molecule has 0 aliphatic carbocycles. The summed E-state index contributed by atoms with van der Waals surface area (Å²) in [5.74, 6) is -0.862. The Balaban J connectivity index is 1.76. The molecule has 3 aromatic rings. The maximum absolute atomic E-state index is 12.5. The van der Waals surface area contributed by atoms with Crippen LogP contribution in [0.3, 0.4) is 0 Å². The van der Waals surface area contributed by atoms with E-state index in [1.807, 2.05) is 0 Å². The molecule has 29 heavy (non-hydrogen) atoms. The van der Waals surface area contributed by atoms with Gasteiger partial charge >= 0.3 is 22.2 Å². The minimum Gasteiger partial charge on any atom is -0.480 e. The van der Waals surface area contributed by atoms with Crippen LogP contribution in [0.4, 0.5) is 16.4 Å². The molecular weight excluding hydrogens is 404 g/mol. The summed E-state index contributed by atoms with van der Waals surface area (Å²) in [6, 6.07) is 9.83. The number of aliphatic carboxylic acids is 1. The molecule has 0 fully saturated rings. The third-order valence-corrected chi connectivity index (χ3v) is 4.91. The highest BCUT2D eigenvalue weighted by molar-refractivity contribution is 7.87. The van der Waals surface area contributed by atoms with Gasteiger partial charge in [0, 0.05) is 11.8 Å². The fourth-order valence-electron chi connectivity index (χ4n) is 2.34. The first-order valence-electron chi connectivity index (χ1n) is 8.12. The summed E-state index contributed by atoms with van der Waals surface area (Å²) in [7, 11) is -2.90. The molecule has 1 amide bonds. The fraction of sp³-hybridized carbons (Fsp3) is 0.118. The number of aromatic nitrogens is 2. The minimum absolute atomic E-state index is 0.0406. The van der Waals surface area contributed by atoms with E-state index in [4.69, 9.17) is 9.29 Å². The number of aromatic amines is 1. The lowest BCUT2D eigenvalue weighted by Gasteiger charge is -2.08. The number of fused-ring (bicyclic) bond motifs is 1. The summed E-state index contributed by atoms with van der Waals surface area (Å²) in [5.41, 5.74) is 1.38. The smallest absolute Gasteiger partial charge is 0.413 e. The van der Waals surface area contributed by atoms with Crippen LogP contribution in [0.25, 0.3) is 11.0 Å². The van der Waals surface area contributed by atoms with E-state index >= 15 is 0 Å². The second-order valence-corrected chi connectivity index (χ2v) is 7.24. The third-order valence-electron chi connectivity index (χ3n) is 3.65. The molecule has 0 unspecified atom stereocenters. The monoisotopic (exact) mass is 420 g/mol. The van der Waals surface area contributed by atoms with Crippen molar-refractivity contribution in [1.82, 2.24) is 9.97 Å². The molecule has 0 aliphatic heterocycles. The van der Waals surface area contributed by atoms with Gasteiger partial charge in [0.05, 0.1) is 18.1 Å². The van der Waals surface area contributed by atoms with Crippen molar-refractivity contribution in [3.8, 4) is 5.75 Å². The summed E-state index contributed by atoms with van der Waals surface area (Å²) in [5, 5.41) is 13.6. The van der Waals surface area contributed by atoms with Crippen LogP contribution < -0.4 is 14.8 Å². The number of carboxylic acids is 1. The average Bonchev–Trinajstić information content (AvgIpc) is 3.07. The van der Waals surface area contributed by atoms with E-state index in [1.165, 1.54) is 49.6 Å². The third kappa shape index (κ3) is 4.93. The molecule has 0 saturated carbocycles. The van der Waals surface area contributed by atoms with Gasteiger partial charge in [0.15, 0.2) is 0 Å². The number of H-pyrrole nitrogens is 1. The number of methoxy groups -OCH3 is 1. The van der Waals surface area contributed by atoms with Gasteiger partial charge in [-0.3, -0.25) is 10.1 Å². The van der Waals surface area contributed by atoms with Gasteiger partial charge in [0.25, 0.3) is 0 Å². The van der Waals surface area contributed by atoms with Gasteiger partial charge in [0.2, 0.25) is 5.95 Å². The summed E-state index contributed by atoms with van der Waals surface area (Å²) in [6.45, 7) is -0.292. The van der Waals surface area contributed by atoms with Crippen molar-refractivity contribution >= 4 is 44.8 Å². The van der Waals surface area contributed by atoms with Gasteiger partial charge in [-0.15, -0.1) is 0 Å². The van der Waals surface area contributed by atoms with Crippen molar-refractivity contribution in [3.05, 3.63) is 42.5 Å². The molecule has 12 heteroatoms. The second kappa shape index (κ2) is 8.06. The van der Waals surface area contributed by atoms with Crippen LogP contribution in [0.2, 0.25) is 0 Å². The second-order valence-electron chi connectivity index (χ2n) is 5.69. The van der Waals surface area contributed by atoms with E-state index in [9.17, 15) is 18.0 Å². The Kier molecular flexibility index (Phi) is 5.54. The number of hydrogen-bond donors (Lipinski definition) is 4. The number of amides is 1. The lowest BCUT2D eigenvalue weighted by molar-refractivity contribution is -0.134. The first-order valence-corrected chi connectivity index (χ1v) is 9.52. The van der Waals surface area contributed by atoms with Gasteiger partial charge in [-0.25, -0.2) is 9.78 Å². The van der Waals surface area contributed by atoms with Gasteiger partial charge < -0.3 is 24.3 Å². The van der Waals surface area contributed by atoms with E-state index in [0.717, 1.165) is 0 Å². The molecule has 0 saturated heterocycles. The molecule has 152 valence electrons. The predicted octanol–water partition coefficient (Wildman–Crippen LogP) is 2.01. The number of carboxylic acid groups (broad SMARTS) is 1. The van der Waals surface area contributed by atoms with Crippen molar-refractivity contribution in [2.45, 2.75) is 4.90 Å². The molecule has 0 radical (unpaired) electrons. The van der Waals surface area contributed by atoms with E-state index in [-0.39, 0.29) is 23.1 Å². The Morgan fingerprint density at radius 2 is 1.90 bits per heavy atom. The molecule has 4 N–H and O–H groups in total. The lowest BCUT2D eigenvalue weighted by atomic mass is 10.3. The van der Waals surface area contributed by atoms with Crippen LogP contribution in [0, 0.1) is 0 Å². The fourth-order valence-corrected chi connectivity index (χ4v) is 3.26. The van der Waals surface area contributed by atoms with E-state index in [0.29, 0.717) is 16.7 Å². The maximum Gasteiger partial charge on any atom is 0.413 e. The number of ether oxygens (including phenoxy) is 1. The zero-order valence-corrected chi connectivity index (χ0v) is 15.8. The highest BCUT2D eigenvalue weighted by Gasteiger charge is 2.17. The molecule has 1 aromatic heterocycles. The summed E-state index contributed by atoms with van der Waals surface area (Å²) in [6.07, 6.45) is -0.704. The minimum atomic E-state index is -4.11. The number of anilines is 2. The number of carbonyl (C=O) groups is 2. The molecule has 3 rings (SSSR count). The maximum atomic E-state index is 12.5. The van der Waals surface area contributed by atoms with Crippen LogP contribution in [-0.2, 0) is 19.6 Å². The van der Waals surface area contributed by atoms with Crippen LogP contribution in [0.5, 0.6) is 5.75 Å². The van der Waals surface area contributed by atoms with Gasteiger partial charge in [-0.1, -0.05) is 0 Å². The highest BCUT2D eigenvalue weighted by Crippen LogP contribution is 2.24. The number of nitrogens with zero attached hydrogens (tertiary/aromatic N) is 1. The number of carbonyl (C=O) groups excluding carboxylic acids is 1. The molecule has 11 nitrogen and oxygen atoms in total. The Labute approximate surface area is 164 Å². The van der Waals surface area contributed by atoms with Gasteiger partial charge in [-0.2, -0.15) is 8.42 Å². The van der Waals surface area contributed by atoms with Crippen LogP contribution in [0.15, 0.2) is 47.4 Å².